The second kappa shape index (κ2) is 7.92. The lowest BCUT2D eigenvalue weighted by Gasteiger charge is -2.13. The molecular formula is C16H19NO5S. The minimum Gasteiger partial charge on any atom is -0.493 e. The lowest BCUT2D eigenvalue weighted by Crippen LogP contribution is -2.35. The Kier molecular flexibility index (Phi) is 5.92. The van der Waals surface area contributed by atoms with Gasteiger partial charge in [0.2, 0.25) is 16.8 Å². The molecule has 6 nitrogen and oxygen atoms in total. The maximum Gasteiger partial charge on any atom is 0.244 e. The number of carbonyl (C=O) groups is 2. The molecule has 1 saturated heterocycles. The first-order chi connectivity index (χ1) is 11.1. The first kappa shape index (κ1) is 17.2. The summed E-state index contributed by atoms with van der Waals surface area (Å²) >= 11 is 1.25. The van der Waals surface area contributed by atoms with Crippen molar-refractivity contribution in [3.8, 4) is 17.2 Å². The topological polar surface area (TPSA) is 73.9 Å². The van der Waals surface area contributed by atoms with E-state index in [1.807, 2.05) is 0 Å². The summed E-state index contributed by atoms with van der Waals surface area (Å²) in [5.41, 5.74) is 0.724. The van der Waals surface area contributed by atoms with Gasteiger partial charge < -0.3 is 19.5 Å². The second-order valence-corrected chi connectivity index (χ2v) is 5.91. The van der Waals surface area contributed by atoms with E-state index in [-0.39, 0.29) is 11.0 Å². The average molecular weight is 337 g/mol. The number of nitrogens with one attached hydrogen (secondary N) is 1. The summed E-state index contributed by atoms with van der Waals surface area (Å²) < 4.78 is 15.8. The van der Waals surface area contributed by atoms with Crippen LogP contribution in [-0.4, -0.2) is 44.1 Å². The van der Waals surface area contributed by atoms with Crippen LogP contribution in [0.3, 0.4) is 0 Å². The van der Waals surface area contributed by atoms with Crippen molar-refractivity contribution in [2.24, 2.45) is 0 Å². The molecule has 124 valence electrons. The number of rotatable bonds is 6. The Balaban J connectivity index is 2.12. The molecule has 0 saturated carbocycles. The monoisotopic (exact) mass is 337 g/mol. The molecule has 1 aromatic carbocycles. The first-order valence-electron chi connectivity index (χ1n) is 7.04. The van der Waals surface area contributed by atoms with Gasteiger partial charge in [0.05, 0.1) is 27.4 Å². The van der Waals surface area contributed by atoms with Crippen molar-refractivity contribution < 1.29 is 23.8 Å². The SMILES string of the molecule is COc1cc(/C=C/C(=O)N[C@@H]2CCSC2=O)cc(OC)c1OC. The third-order valence-electron chi connectivity index (χ3n) is 3.37. The Bertz CT molecular complexity index is 604. The Morgan fingerprint density at radius 3 is 2.35 bits per heavy atom. The third kappa shape index (κ3) is 4.19. The van der Waals surface area contributed by atoms with Crippen LogP contribution in [0.5, 0.6) is 17.2 Å². The summed E-state index contributed by atoms with van der Waals surface area (Å²) in [7, 11) is 4.59. The van der Waals surface area contributed by atoms with Crippen LogP contribution in [-0.2, 0) is 9.59 Å². The summed E-state index contributed by atoms with van der Waals surface area (Å²) in [5.74, 6) is 1.95. The summed E-state index contributed by atoms with van der Waals surface area (Å²) in [5, 5.41) is 2.71. The van der Waals surface area contributed by atoms with Crippen molar-refractivity contribution in [1.29, 1.82) is 0 Å². The standard InChI is InChI=1S/C16H19NO5S/c1-20-12-8-10(9-13(21-2)15(12)22-3)4-5-14(18)17-11-6-7-23-16(11)19/h4-5,8-9,11H,6-7H2,1-3H3,(H,17,18)/b5-4+/t11-/m1/s1. The van der Waals surface area contributed by atoms with Gasteiger partial charge in [0.25, 0.3) is 0 Å². The molecule has 0 spiro atoms. The Labute approximate surface area is 139 Å². The molecule has 0 radical (unpaired) electrons. The highest BCUT2D eigenvalue weighted by molar-refractivity contribution is 8.14. The van der Waals surface area contributed by atoms with Gasteiger partial charge in [-0.05, 0) is 30.2 Å². The smallest absolute Gasteiger partial charge is 0.244 e. The van der Waals surface area contributed by atoms with Crippen LogP contribution < -0.4 is 19.5 Å². The largest absolute Gasteiger partial charge is 0.493 e. The molecule has 1 aliphatic rings. The molecule has 7 heteroatoms. The van der Waals surface area contributed by atoms with E-state index in [1.54, 1.807) is 18.2 Å². The summed E-state index contributed by atoms with van der Waals surface area (Å²) in [4.78, 5) is 23.4. The molecule has 0 aromatic heterocycles. The van der Waals surface area contributed by atoms with Crippen molar-refractivity contribution in [2.45, 2.75) is 12.5 Å². The number of hydrogen-bond acceptors (Lipinski definition) is 6. The highest BCUT2D eigenvalue weighted by atomic mass is 32.2. The van der Waals surface area contributed by atoms with Crippen LogP contribution in [0.4, 0.5) is 0 Å². The molecule has 2 rings (SSSR count). The summed E-state index contributed by atoms with van der Waals surface area (Å²) in [6, 6.07) is 3.08. The normalized spacial score (nSPS) is 17.3. The number of amides is 1. The zero-order valence-corrected chi connectivity index (χ0v) is 14.1. The van der Waals surface area contributed by atoms with E-state index in [1.165, 1.54) is 39.2 Å². The lowest BCUT2D eigenvalue weighted by molar-refractivity contribution is -0.120. The molecule has 0 unspecified atom stereocenters. The van der Waals surface area contributed by atoms with Crippen molar-refractivity contribution in [3.05, 3.63) is 23.8 Å². The van der Waals surface area contributed by atoms with Gasteiger partial charge in [0, 0.05) is 11.8 Å². The fourth-order valence-corrected chi connectivity index (χ4v) is 3.15. The molecule has 1 fully saturated rings. The predicted octanol–water partition coefficient (Wildman–Crippen LogP) is 1.87. The molecule has 0 bridgehead atoms. The summed E-state index contributed by atoms with van der Waals surface area (Å²) in [6.07, 6.45) is 3.69. The second-order valence-electron chi connectivity index (χ2n) is 4.81. The van der Waals surface area contributed by atoms with Crippen molar-refractivity contribution in [3.63, 3.8) is 0 Å². The molecule has 1 amide bonds. The van der Waals surface area contributed by atoms with E-state index in [0.29, 0.717) is 23.7 Å². The molecule has 0 aliphatic carbocycles. The minimum absolute atomic E-state index is 0.0135. The maximum atomic E-state index is 11.9. The first-order valence-corrected chi connectivity index (χ1v) is 8.02. The van der Waals surface area contributed by atoms with Gasteiger partial charge in [0.1, 0.15) is 0 Å². The number of methoxy groups -OCH3 is 3. The van der Waals surface area contributed by atoms with Crippen LogP contribution in [0.25, 0.3) is 6.08 Å². The van der Waals surface area contributed by atoms with Crippen molar-refractivity contribution in [2.75, 3.05) is 27.1 Å². The van der Waals surface area contributed by atoms with Gasteiger partial charge in [0.15, 0.2) is 11.5 Å². The van der Waals surface area contributed by atoms with E-state index in [9.17, 15) is 9.59 Å². The zero-order chi connectivity index (χ0) is 16.8. The van der Waals surface area contributed by atoms with Crippen LogP contribution >= 0.6 is 11.8 Å². The highest BCUT2D eigenvalue weighted by Gasteiger charge is 2.25. The molecule has 1 aliphatic heterocycles. The van der Waals surface area contributed by atoms with E-state index in [2.05, 4.69) is 5.32 Å². The van der Waals surface area contributed by atoms with E-state index < -0.39 is 6.04 Å². The van der Waals surface area contributed by atoms with Gasteiger partial charge in [-0.25, -0.2) is 0 Å². The minimum atomic E-state index is -0.392. The Hall–Kier alpha value is -2.15. The van der Waals surface area contributed by atoms with E-state index in [4.69, 9.17) is 14.2 Å². The number of ether oxygens (including phenoxy) is 3. The highest BCUT2D eigenvalue weighted by Crippen LogP contribution is 2.38. The molecule has 1 atom stereocenters. The Morgan fingerprint density at radius 2 is 1.87 bits per heavy atom. The quantitative estimate of drug-likeness (QED) is 0.799. The summed E-state index contributed by atoms with van der Waals surface area (Å²) in [6.45, 7) is 0. The molecule has 23 heavy (non-hydrogen) atoms. The van der Waals surface area contributed by atoms with Gasteiger partial charge >= 0.3 is 0 Å². The van der Waals surface area contributed by atoms with Crippen LogP contribution in [0, 0.1) is 0 Å². The zero-order valence-electron chi connectivity index (χ0n) is 13.3. The Morgan fingerprint density at radius 1 is 1.22 bits per heavy atom. The molecule has 1 heterocycles. The van der Waals surface area contributed by atoms with Gasteiger partial charge in [-0.1, -0.05) is 11.8 Å². The van der Waals surface area contributed by atoms with E-state index in [0.717, 1.165) is 11.3 Å². The fraction of sp³-hybridized carbons (Fsp3) is 0.375. The van der Waals surface area contributed by atoms with Gasteiger partial charge in [-0.3, -0.25) is 9.59 Å². The van der Waals surface area contributed by atoms with Crippen LogP contribution in [0.1, 0.15) is 12.0 Å². The molecule has 1 aromatic rings. The third-order valence-corrected chi connectivity index (χ3v) is 4.37. The molecular weight excluding hydrogens is 318 g/mol. The van der Waals surface area contributed by atoms with Crippen LogP contribution in [0.2, 0.25) is 0 Å². The van der Waals surface area contributed by atoms with Crippen LogP contribution in [0.15, 0.2) is 18.2 Å². The number of carbonyl (C=O) groups excluding carboxylic acids is 2. The average Bonchev–Trinajstić information content (AvgIpc) is 2.96. The molecule has 1 N–H and O–H groups in total. The maximum absolute atomic E-state index is 11.9. The predicted molar refractivity (Wildman–Crippen MR) is 89.1 cm³/mol. The number of benzene rings is 1. The number of thioether (sulfide) groups is 1. The lowest BCUT2D eigenvalue weighted by atomic mass is 10.1. The van der Waals surface area contributed by atoms with Gasteiger partial charge in [-0.2, -0.15) is 0 Å². The van der Waals surface area contributed by atoms with E-state index >= 15 is 0 Å². The van der Waals surface area contributed by atoms with Gasteiger partial charge in [-0.15, -0.1) is 0 Å². The van der Waals surface area contributed by atoms with Crippen molar-refractivity contribution in [1.82, 2.24) is 5.32 Å². The van der Waals surface area contributed by atoms with Crippen molar-refractivity contribution >= 4 is 28.9 Å². The fourth-order valence-electron chi connectivity index (χ4n) is 2.22. The number of hydrogen-bond donors (Lipinski definition) is 1.